The van der Waals surface area contributed by atoms with E-state index in [1.54, 1.807) is 19.2 Å². The van der Waals surface area contributed by atoms with E-state index in [2.05, 4.69) is 21.2 Å². The van der Waals surface area contributed by atoms with Gasteiger partial charge in [-0.15, -0.1) is 0 Å². The number of benzene rings is 2. The highest BCUT2D eigenvalue weighted by Gasteiger charge is 2.07. The lowest BCUT2D eigenvalue weighted by atomic mass is 10.1. The van der Waals surface area contributed by atoms with Gasteiger partial charge in [0.2, 0.25) is 5.91 Å². The lowest BCUT2D eigenvalue weighted by molar-refractivity contribution is 0.1000. The Kier molecular flexibility index (Phi) is 4.85. The number of hydrogen-bond donors (Lipinski definition) is 2. The molecule has 0 fully saturated rings. The molecule has 0 radical (unpaired) electrons. The molecule has 0 unspecified atom stereocenters. The average Bonchev–Trinajstić information content (AvgIpc) is 2.46. The molecule has 2 rings (SSSR count). The summed E-state index contributed by atoms with van der Waals surface area (Å²) in [6, 6.07) is 11.2. The largest absolute Gasteiger partial charge is 0.496 e. The van der Waals surface area contributed by atoms with Crippen molar-refractivity contribution in [3.05, 3.63) is 57.6 Å². The van der Waals surface area contributed by atoms with Crippen molar-refractivity contribution in [3.63, 3.8) is 0 Å². The molecule has 2 aromatic rings. The smallest absolute Gasteiger partial charge is 0.248 e. The molecule has 3 N–H and O–H groups in total. The molecule has 4 nitrogen and oxygen atoms in total. The number of hydrogen-bond acceptors (Lipinski definition) is 3. The van der Waals surface area contributed by atoms with Crippen molar-refractivity contribution in [1.82, 2.24) is 0 Å². The molecular weight excluding hydrogens is 332 g/mol. The van der Waals surface area contributed by atoms with Crippen molar-refractivity contribution in [2.24, 2.45) is 5.73 Å². The summed E-state index contributed by atoms with van der Waals surface area (Å²) in [5, 5.41) is 3.34. The van der Waals surface area contributed by atoms with Crippen LogP contribution in [0, 0.1) is 6.92 Å². The Morgan fingerprint density at radius 3 is 2.67 bits per heavy atom. The Labute approximate surface area is 132 Å². The van der Waals surface area contributed by atoms with Crippen molar-refractivity contribution in [3.8, 4) is 5.75 Å². The number of amides is 1. The van der Waals surface area contributed by atoms with Crippen LogP contribution in [0.2, 0.25) is 0 Å². The van der Waals surface area contributed by atoms with E-state index in [9.17, 15) is 4.79 Å². The van der Waals surface area contributed by atoms with Crippen LogP contribution in [0.5, 0.6) is 5.75 Å². The average molecular weight is 349 g/mol. The fourth-order valence-corrected chi connectivity index (χ4v) is 2.50. The summed E-state index contributed by atoms with van der Waals surface area (Å²) in [4.78, 5) is 11.1. The van der Waals surface area contributed by atoms with Gasteiger partial charge in [0.1, 0.15) is 5.75 Å². The second-order valence-corrected chi connectivity index (χ2v) is 5.62. The molecule has 0 heterocycles. The number of halogens is 1. The maximum absolute atomic E-state index is 11.1. The predicted octanol–water partition coefficient (Wildman–Crippen LogP) is 3.48. The monoisotopic (exact) mass is 348 g/mol. The molecule has 0 saturated carbocycles. The lowest BCUT2D eigenvalue weighted by Crippen LogP contribution is -2.11. The van der Waals surface area contributed by atoms with E-state index in [1.165, 1.54) is 0 Å². The summed E-state index contributed by atoms with van der Waals surface area (Å²) in [6.45, 7) is 2.56. The van der Waals surface area contributed by atoms with Crippen molar-refractivity contribution in [2.45, 2.75) is 13.5 Å². The van der Waals surface area contributed by atoms with Crippen molar-refractivity contribution < 1.29 is 9.53 Å². The number of aryl methyl sites for hydroxylation is 1. The molecular formula is C16H17BrN2O2. The fourth-order valence-electron chi connectivity index (χ4n) is 2.09. The maximum atomic E-state index is 11.1. The number of carbonyl (C=O) groups is 1. The zero-order valence-corrected chi connectivity index (χ0v) is 13.5. The van der Waals surface area contributed by atoms with Crippen LogP contribution < -0.4 is 15.8 Å². The SMILES string of the molecule is COc1ccc(Br)cc1CNc1ccc(C(N)=O)cc1C. The van der Waals surface area contributed by atoms with E-state index < -0.39 is 5.91 Å². The minimum Gasteiger partial charge on any atom is -0.496 e. The quantitative estimate of drug-likeness (QED) is 0.869. The van der Waals surface area contributed by atoms with Gasteiger partial charge in [0, 0.05) is 27.8 Å². The maximum Gasteiger partial charge on any atom is 0.248 e. The number of nitrogens with two attached hydrogens (primary N) is 1. The molecule has 0 aliphatic rings. The number of methoxy groups -OCH3 is 1. The van der Waals surface area contributed by atoms with E-state index in [1.807, 2.05) is 31.2 Å². The van der Waals surface area contributed by atoms with Crippen LogP contribution in [-0.4, -0.2) is 13.0 Å². The Hall–Kier alpha value is -2.01. The van der Waals surface area contributed by atoms with Gasteiger partial charge < -0.3 is 15.8 Å². The van der Waals surface area contributed by atoms with Crippen molar-refractivity contribution in [1.29, 1.82) is 0 Å². The lowest BCUT2D eigenvalue weighted by Gasteiger charge is -2.13. The number of nitrogens with one attached hydrogen (secondary N) is 1. The Balaban J connectivity index is 2.17. The highest BCUT2D eigenvalue weighted by Crippen LogP contribution is 2.25. The van der Waals surface area contributed by atoms with Crippen LogP contribution in [0.3, 0.4) is 0 Å². The molecule has 0 aliphatic carbocycles. The van der Waals surface area contributed by atoms with Crippen LogP contribution in [0.1, 0.15) is 21.5 Å². The van der Waals surface area contributed by atoms with E-state index in [0.717, 1.165) is 27.0 Å². The van der Waals surface area contributed by atoms with E-state index in [0.29, 0.717) is 12.1 Å². The number of rotatable bonds is 5. The third-order valence-electron chi connectivity index (χ3n) is 3.22. The molecule has 21 heavy (non-hydrogen) atoms. The van der Waals surface area contributed by atoms with Gasteiger partial charge in [0.15, 0.2) is 0 Å². The van der Waals surface area contributed by atoms with Gasteiger partial charge in [-0.2, -0.15) is 0 Å². The third kappa shape index (κ3) is 3.76. The first kappa shape index (κ1) is 15.4. The second-order valence-electron chi connectivity index (χ2n) is 4.70. The number of carbonyl (C=O) groups excluding carboxylic acids is 1. The van der Waals surface area contributed by atoms with Crippen LogP contribution in [0.4, 0.5) is 5.69 Å². The Bertz CT molecular complexity index is 671. The predicted molar refractivity (Wildman–Crippen MR) is 87.7 cm³/mol. The Morgan fingerprint density at radius 1 is 1.29 bits per heavy atom. The number of anilines is 1. The molecule has 1 amide bonds. The summed E-state index contributed by atoms with van der Waals surface area (Å²) in [6.07, 6.45) is 0. The standard InChI is InChI=1S/C16H17BrN2O2/c1-10-7-11(16(18)20)3-5-14(10)19-9-12-8-13(17)4-6-15(12)21-2/h3-8,19H,9H2,1-2H3,(H2,18,20). The zero-order chi connectivity index (χ0) is 15.4. The van der Waals surface area contributed by atoms with Crippen LogP contribution in [0.15, 0.2) is 40.9 Å². The topological polar surface area (TPSA) is 64.3 Å². The van der Waals surface area contributed by atoms with Crippen molar-refractivity contribution in [2.75, 3.05) is 12.4 Å². The molecule has 0 saturated heterocycles. The zero-order valence-electron chi connectivity index (χ0n) is 11.9. The highest BCUT2D eigenvalue weighted by molar-refractivity contribution is 9.10. The van der Waals surface area contributed by atoms with Crippen LogP contribution in [-0.2, 0) is 6.54 Å². The van der Waals surface area contributed by atoms with Gasteiger partial charge in [-0.3, -0.25) is 4.79 Å². The number of ether oxygens (including phenoxy) is 1. The van der Waals surface area contributed by atoms with Gasteiger partial charge in [0.05, 0.1) is 7.11 Å². The fraction of sp³-hybridized carbons (Fsp3) is 0.188. The molecule has 5 heteroatoms. The molecule has 0 spiro atoms. The van der Waals surface area contributed by atoms with Crippen LogP contribution in [0.25, 0.3) is 0 Å². The van der Waals surface area contributed by atoms with Crippen molar-refractivity contribution >= 4 is 27.5 Å². The third-order valence-corrected chi connectivity index (χ3v) is 3.72. The summed E-state index contributed by atoms with van der Waals surface area (Å²) < 4.78 is 6.35. The summed E-state index contributed by atoms with van der Waals surface area (Å²) in [5.41, 5.74) is 8.76. The first-order chi connectivity index (χ1) is 10.0. The summed E-state index contributed by atoms with van der Waals surface area (Å²) in [7, 11) is 1.65. The molecule has 0 aromatic heterocycles. The minimum atomic E-state index is -0.418. The molecule has 0 atom stereocenters. The van der Waals surface area contributed by atoms with Gasteiger partial charge in [-0.1, -0.05) is 15.9 Å². The normalized spacial score (nSPS) is 10.2. The minimum absolute atomic E-state index is 0.418. The highest BCUT2D eigenvalue weighted by atomic mass is 79.9. The molecule has 110 valence electrons. The van der Waals surface area contributed by atoms with Gasteiger partial charge in [-0.05, 0) is 48.9 Å². The molecule has 0 aliphatic heterocycles. The van der Waals surface area contributed by atoms with Gasteiger partial charge >= 0.3 is 0 Å². The second kappa shape index (κ2) is 6.63. The van der Waals surface area contributed by atoms with E-state index in [4.69, 9.17) is 10.5 Å². The van der Waals surface area contributed by atoms with Gasteiger partial charge in [0.25, 0.3) is 0 Å². The Morgan fingerprint density at radius 2 is 2.05 bits per heavy atom. The van der Waals surface area contributed by atoms with Gasteiger partial charge in [-0.25, -0.2) is 0 Å². The molecule has 0 bridgehead atoms. The first-order valence-electron chi connectivity index (χ1n) is 6.48. The molecule has 2 aromatic carbocycles. The summed E-state index contributed by atoms with van der Waals surface area (Å²) in [5.74, 6) is 0.412. The first-order valence-corrected chi connectivity index (χ1v) is 7.27. The number of primary amides is 1. The van der Waals surface area contributed by atoms with E-state index >= 15 is 0 Å². The summed E-state index contributed by atoms with van der Waals surface area (Å²) >= 11 is 3.46. The van der Waals surface area contributed by atoms with E-state index in [-0.39, 0.29) is 0 Å². The van der Waals surface area contributed by atoms with Crippen LogP contribution >= 0.6 is 15.9 Å².